The summed E-state index contributed by atoms with van der Waals surface area (Å²) in [7, 11) is 0. The van der Waals surface area contributed by atoms with E-state index in [0.717, 1.165) is 16.5 Å². The van der Waals surface area contributed by atoms with Crippen molar-refractivity contribution >= 4 is 17.4 Å². The monoisotopic (exact) mass is 244 g/mol. The second-order valence-corrected chi connectivity index (χ2v) is 3.28. The molecule has 17 heavy (non-hydrogen) atoms. The fraction of sp³-hybridized carbons (Fsp3) is 0.111. The van der Waals surface area contributed by atoms with Crippen molar-refractivity contribution in [1.29, 1.82) is 0 Å². The standard InChI is InChI=1S/C9H6F3N3O2/c10-9(11,12)4-1-2-5-14-6(8(16)17)7(13)15(5)3-4/h1-3H,13H2,(H,16,17)/p-1. The van der Waals surface area contributed by atoms with E-state index in [0.29, 0.717) is 6.20 Å². The Bertz CT molecular complexity index is 603. The molecule has 2 aromatic rings. The van der Waals surface area contributed by atoms with Gasteiger partial charge in [0.1, 0.15) is 17.2 Å². The van der Waals surface area contributed by atoms with Crippen LogP contribution in [-0.2, 0) is 6.18 Å². The normalized spacial score (nSPS) is 11.9. The Hall–Kier alpha value is -2.25. The quantitative estimate of drug-likeness (QED) is 0.781. The van der Waals surface area contributed by atoms with E-state index in [4.69, 9.17) is 5.73 Å². The van der Waals surface area contributed by atoms with Crippen LogP contribution < -0.4 is 10.8 Å². The number of hydrogen-bond acceptors (Lipinski definition) is 4. The minimum absolute atomic E-state index is 0.00898. The lowest BCUT2D eigenvalue weighted by Gasteiger charge is -2.07. The molecule has 2 aromatic heterocycles. The molecule has 0 saturated heterocycles. The van der Waals surface area contributed by atoms with Gasteiger partial charge in [-0.2, -0.15) is 13.2 Å². The highest BCUT2D eigenvalue weighted by Gasteiger charge is 2.31. The van der Waals surface area contributed by atoms with E-state index < -0.39 is 29.2 Å². The number of nitrogens with zero attached hydrogens (tertiary/aromatic N) is 2. The first-order chi connectivity index (χ1) is 7.80. The Morgan fingerprint density at radius 1 is 1.41 bits per heavy atom. The lowest BCUT2D eigenvalue weighted by molar-refractivity contribution is -0.255. The van der Waals surface area contributed by atoms with Gasteiger partial charge in [0.15, 0.2) is 0 Å². The number of rotatable bonds is 1. The molecule has 0 radical (unpaired) electrons. The summed E-state index contributed by atoms with van der Waals surface area (Å²) in [6.07, 6.45) is -3.85. The number of carboxylic acids is 1. The molecule has 0 atom stereocenters. The summed E-state index contributed by atoms with van der Waals surface area (Å²) in [6, 6.07) is 1.83. The molecule has 0 fully saturated rings. The largest absolute Gasteiger partial charge is 0.543 e. The Morgan fingerprint density at radius 2 is 2.06 bits per heavy atom. The lowest BCUT2D eigenvalue weighted by atomic mass is 10.3. The topological polar surface area (TPSA) is 83.5 Å². The molecule has 2 heterocycles. The maximum absolute atomic E-state index is 12.4. The van der Waals surface area contributed by atoms with E-state index in [9.17, 15) is 23.1 Å². The van der Waals surface area contributed by atoms with Crippen LogP contribution >= 0.6 is 0 Å². The number of alkyl halides is 3. The molecule has 5 nitrogen and oxygen atoms in total. The number of anilines is 1. The number of halogens is 3. The van der Waals surface area contributed by atoms with Gasteiger partial charge in [0.05, 0.1) is 11.5 Å². The fourth-order valence-electron chi connectivity index (χ4n) is 1.38. The van der Waals surface area contributed by atoms with Crippen molar-refractivity contribution < 1.29 is 23.1 Å². The second-order valence-electron chi connectivity index (χ2n) is 3.28. The van der Waals surface area contributed by atoms with Gasteiger partial charge in [-0.1, -0.05) is 0 Å². The molecule has 0 aliphatic heterocycles. The van der Waals surface area contributed by atoms with Crippen molar-refractivity contribution in [3.8, 4) is 0 Å². The molecule has 0 unspecified atom stereocenters. The predicted molar refractivity (Wildman–Crippen MR) is 48.9 cm³/mol. The van der Waals surface area contributed by atoms with Gasteiger partial charge in [0, 0.05) is 6.20 Å². The van der Waals surface area contributed by atoms with Gasteiger partial charge in [-0.25, -0.2) is 4.98 Å². The average molecular weight is 244 g/mol. The van der Waals surface area contributed by atoms with Gasteiger partial charge >= 0.3 is 6.18 Å². The number of carbonyl (C=O) groups is 1. The van der Waals surface area contributed by atoms with Crippen LogP contribution in [0.4, 0.5) is 19.0 Å². The number of fused-ring (bicyclic) bond motifs is 1. The SMILES string of the molecule is Nc1c(C(=O)[O-])nc2ccc(C(F)(F)F)cn12. The summed E-state index contributed by atoms with van der Waals surface area (Å²) in [5.41, 5.74) is 3.85. The number of carboxylic acid groups (broad SMARTS) is 1. The first kappa shape index (κ1) is 11.2. The number of aromatic carboxylic acids is 1. The molecule has 0 aliphatic rings. The molecule has 90 valence electrons. The average Bonchev–Trinajstić information content (AvgIpc) is 2.54. The molecule has 0 aromatic carbocycles. The number of nitrogen functional groups attached to an aromatic ring is 1. The highest BCUT2D eigenvalue weighted by atomic mass is 19.4. The minimum Gasteiger partial charge on any atom is -0.543 e. The van der Waals surface area contributed by atoms with Gasteiger partial charge in [-0.15, -0.1) is 0 Å². The molecule has 0 amide bonds. The molecule has 0 saturated carbocycles. The molecule has 0 aliphatic carbocycles. The maximum atomic E-state index is 12.4. The first-order valence-corrected chi connectivity index (χ1v) is 4.37. The minimum atomic E-state index is -4.54. The molecule has 2 N–H and O–H groups in total. The van der Waals surface area contributed by atoms with Crippen LogP contribution in [0.5, 0.6) is 0 Å². The number of aromatic nitrogens is 2. The van der Waals surface area contributed by atoms with Crippen LogP contribution in [0.25, 0.3) is 5.65 Å². The van der Waals surface area contributed by atoms with Crippen molar-refractivity contribution in [1.82, 2.24) is 9.38 Å². The van der Waals surface area contributed by atoms with Crippen LogP contribution in [0, 0.1) is 0 Å². The summed E-state index contributed by atoms with van der Waals surface area (Å²) < 4.78 is 38.1. The van der Waals surface area contributed by atoms with Gasteiger partial charge in [0.25, 0.3) is 0 Å². The van der Waals surface area contributed by atoms with Crippen LogP contribution in [0.1, 0.15) is 16.1 Å². The highest BCUT2D eigenvalue weighted by molar-refractivity contribution is 5.90. The van der Waals surface area contributed by atoms with Crippen LogP contribution in [0.3, 0.4) is 0 Å². The zero-order valence-corrected chi connectivity index (χ0v) is 8.15. The Balaban J connectivity index is 2.70. The maximum Gasteiger partial charge on any atom is 0.417 e. The first-order valence-electron chi connectivity index (χ1n) is 4.37. The highest BCUT2D eigenvalue weighted by Crippen LogP contribution is 2.30. The molecule has 0 spiro atoms. The van der Waals surface area contributed by atoms with Crippen molar-refractivity contribution in [3.05, 3.63) is 29.6 Å². The van der Waals surface area contributed by atoms with E-state index in [-0.39, 0.29) is 5.65 Å². The smallest absolute Gasteiger partial charge is 0.417 e. The summed E-state index contributed by atoms with van der Waals surface area (Å²) in [6.45, 7) is 0. The molecule has 2 rings (SSSR count). The molecule has 8 heteroatoms. The number of pyridine rings is 1. The number of imidazole rings is 1. The zero-order chi connectivity index (χ0) is 12.8. The Morgan fingerprint density at radius 3 is 2.59 bits per heavy atom. The molecular weight excluding hydrogens is 239 g/mol. The predicted octanol–water partition coefficient (Wildman–Crippen LogP) is 0.299. The van der Waals surface area contributed by atoms with E-state index >= 15 is 0 Å². The van der Waals surface area contributed by atoms with E-state index in [2.05, 4.69) is 4.98 Å². The van der Waals surface area contributed by atoms with Gasteiger partial charge in [-0.05, 0) is 12.1 Å². The lowest BCUT2D eigenvalue weighted by Crippen LogP contribution is -2.23. The van der Waals surface area contributed by atoms with Gasteiger partial charge < -0.3 is 15.6 Å². The van der Waals surface area contributed by atoms with Gasteiger partial charge in [-0.3, -0.25) is 4.40 Å². The summed E-state index contributed by atoms with van der Waals surface area (Å²) in [4.78, 5) is 14.1. The Labute approximate surface area is 92.3 Å². The third-order valence-electron chi connectivity index (χ3n) is 2.18. The van der Waals surface area contributed by atoms with Crippen LogP contribution in [-0.4, -0.2) is 15.4 Å². The van der Waals surface area contributed by atoms with E-state index in [1.165, 1.54) is 0 Å². The summed E-state index contributed by atoms with van der Waals surface area (Å²) in [5.74, 6) is -2.04. The van der Waals surface area contributed by atoms with E-state index in [1.807, 2.05) is 0 Å². The number of carbonyl (C=O) groups excluding carboxylic acids is 1. The third kappa shape index (κ3) is 1.77. The molecular formula is C9H5F3N3O2-. The second kappa shape index (κ2) is 3.37. The van der Waals surface area contributed by atoms with Crippen LogP contribution in [0.2, 0.25) is 0 Å². The fourth-order valence-corrected chi connectivity index (χ4v) is 1.38. The van der Waals surface area contributed by atoms with Crippen molar-refractivity contribution in [3.63, 3.8) is 0 Å². The van der Waals surface area contributed by atoms with Crippen molar-refractivity contribution in [2.24, 2.45) is 0 Å². The number of hydrogen-bond donors (Lipinski definition) is 1. The van der Waals surface area contributed by atoms with Crippen LogP contribution in [0.15, 0.2) is 18.3 Å². The third-order valence-corrected chi connectivity index (χ3v) is 2.18. The van der Waals surface area contributed by atoms with E-state index in [1.54, 1.807) is 0 Å². The summed E-state index contributed by atoms with van der Waals surface area (Å²) >= 11 is 0. The van der Waals surface area contributed by atoms with Crippen molar-refractivity contribution in [2.45, 2.75) is 6.18 Å². The summed E-state index contributed by atoms with van der Waals surface area (Å²) in [5, 5.41) is 10.6. The molecule has 0 bridgehead atoms. The zero-order valence-electron chi connectivity index (χ0n) is 8.15. The number of nitrogens with two attached hydrogens (primary N) is 1. The van der Waals surface area contributed by atoms with Crippen molar-refractivity contribution in [2.75, 3.05) is 5.73 Å². The van der Waals surface area contributed by atoms with Gasteiger partial charge in [0.2, 0.25) is 0 Å². The Kier molecular flexibility index (Phi) is 2.23.